The van der Waals surface area contributed by atoms with Gasteiger partial charge in [-0.25, -0.2) is 0 Å². The number of fused-ring (bicyclic) bond motifs is 1. The first-order valence-electron chi connectivity index (χ1n) is 9.58. The van der Waals surface area contributed by atoms with Gasteiger partial charge >= 0.3 is 0 Å². The lowest BCUT2D eigenvalue weighted by molar-refractivity contribution is -0.115. The third-order valence-electron chi connectivity index (χ3n) is 4.94. The van der Waals surface area contributed by atoms with Gasteiger partial charge in [-0.1, -0.05) is 60.2 Å². The van der Waals surface area contributed by atoms with Crippen LogP contribution in [-0.2, 0) is 17.8 Å². The Hall–Kier alpha value is -3.05. The molecule has 2 amide bonds. The number of amides is 2. The molecule has 5 heteroatoms. The topological polar surface area (TPSA) is 58.2 Å². The third kappa shape index (κ3) is 4.51. The molecule has 1 unspecified atom stereocenters. The predicted octanol–water partition coefficient (Wildman–Crippen LogP) is 4.58. The minimum atomic E-state index is -0.205. The lowest BCUT2D eigenvalue weighted by Gasteiger charge is -2.14. The Kier molecular flexibility index (Phi) is 5.67. The number of benzene rings is 3. The van der Waals surface area contributed by atoms with E-state index in [1.807, 2.05) is 55.5 Å². The summed E-state index contributed by atoms with van der Waals surface area (Å²) in [5.74, 6) is -0.283. The normalized spacial score (nSPS) is 14.9. The summed E-state index contributed by atoms with van der Waals surface area (Å²) >= 11 is 1.57. The van der Waals surface area contributed by atoms with Crippen LogP contribution in [0.2, 0.25) is 0 Å². The second kappa shape index (κ2) is 8.53. The quantitative estimate of drug-likeness (QED) is 0.657. The minimum Gasteiger partial charge on any atom is -0.348 e. The Labute approximate surface area is 174 Å². The van der Waals surface area contributed by atoms with Crippen LogP contribution in [0, 0.1) is 6.92 Å². The molecule has 0 bridgehead atoms. The van der Waals surface area contributed by atoms with Crippen LogP contribution >= 0.6 is 11.8 Å². The Morgan fingerprint density at radius 1 is 0.966 bits per heavy atom. The number of hydrogen-bond acceptors (Lipinski definition) is 3. The molecule has 0 spiro atoms. The van der Waals surface area contributed by atoms with Gasteiger partial charge in [0, 0.05) is 11.4 Å². The second-order valence-corrected chi connectivity index (χ2v) is 8.37. The summed E-state index contributed by atoms with van der Waals surface area (Å²) in [6.07, 6.45) is 0.703. The molecule has 1 aliphatic heterocycles. The molecule has 0 radical (unpaired) electrons. The van der Waals surface area contributed by atoms with Gasteiger partial charge in [-0.05, 0) is 42.7 Å². The fourth-order valence-electron chi connectivity index (χ4n) is 3.32. The molecule has 0 saturated carbocycles. The molecule has 1 atom stereocenters. The number of para-hydroxylation sites is 1. The highest BCUT2D eigenvalue weighted by Gasteiger charge is 2.28. The van der Waals surface area contributed by atoms with Crippen molar-refractivity contribution in [2.45, 2.75) is 30.0 Å². The average Bonchev–Trinajstić information content (AvgIpc) is 3.18. The Morgan fingerprint density at radius 3 is 2.48 bits per heavy atom. The third-order valence-corrected chi connectivity index (χ3v) is 6.26. The first kappa shape index (κ1) is 19.3. The van der Waals surface area contributed by atoms with Crippen LogP contribution in [-0.4, -0.2) is 17.1 Å². The van der Waals surface area contributed by atoms with Crippen LogP contribution in [0.15, 0.2) is 77.7 Å². The summed E-state index contributed by atoms with van der Waals surface area (Å²) in [6.45, 7) is 2.47. The molecule has 0 fully saturated rings. The molecule has 0 aromatic heterocycles. The average molecular weight is 403 g/mol. The van der Waals surface area contributed by atoms with Crippen LogP contribution in [0.1, 0.15) is 27.0 Å². The number of thioether (sulfide) groups is 1. The molecule has 2 N–H and O–H groups in total. The van der Waals surface area contributed by atoms with Gasteiger partial charge < -0.3 is 10.6 Å². The van der Waals surface area contributed by atoms with Crippen molar-refractivity contribution < 1.29 is 9.59 Å². The van der Waals surface area contributed by atoms with Gasteiger partial charge in [-0.15, -0.1) is 11.8 Å². The molecule has 1 heterocycles. The van der Waals surface area contributed by atoms with Gasteiger partial charge in [-0.2, -0.15) is 0 Å². The maximum atomic E-state index is 12.8. The number of nitrogens with one attached hydrogen (secondary N) is 2. The van der Waals surface area contributed by atoms with E-state index in [1.165, 1.54) is 11.1 Å². The fraction of sp³-hybridized carbons (Fsp3) is 0.167. The second-order valence-electron chi connectivity index (χ2n) is 7.12. The van der Waals surface area contributed by atoms with Crippen molar-refractivity contribution in [1.29, 1.82) is 0 Å². The largest absolute Gasteiger partial charge is 0.348 e. The number of aryl methyl sites for hydroxylation is 1. The summed E-state index contributed by atoms with van der Waals surface area (Å²) in [6, 6.07) is 23.2. The number of anilines is 1. The maximum absolute atomic E-state index is 12.8. The van der Waals surface area contributed by atoms with E-state index < -0.39 is 0 Å². The lowest BCUT2D eigenvalue weighted by atomic mass is 10.1. The van der Waals surface area contributed by atoms with Crippen LogP contribution in [0.4, 0.5) is 5.69 Å². The highest BCUT2D eigenvalue weighted by molar-refractivity contribution is 8.01. The molecule has 146 valence electrons. The van der Waals surface area contributed by atoms with Crippen molar-refractivity contribution in [2.24, 2.45) is 0 Å². The Bertz CT molecular complexity index is 1020. The molecule has 1 aliphatic rings. The van der Waals surface area contributed by atoms with Crippen molar-refractivity contribution in [2.75, 3.05) is 5.32 Å². The molecular weight excluding hydrogens is 380 g/mol. The van der Waals surface area contributed by atoms with Crippen molar-refractivity contribution in [3.05, 3.63) is 95.1 Å². The summed E-state index contributed by atoms with van der Waals surface area (Å²) in [4.78, 5) is 26.7. The molecule has 4 nitrogen and oxygen atoms in total. The number of rotatable bonds is 5. The lowest BCUT2D eigenvalue weighted by Crippen LogP contribution is -2.28. The van der Waals surface area contributed by atoms with Gasteiger partial charge in [0.2, 0.25) is 5.91 Å². The van der Waals surface area contributed by atoms with Crippen molar-refractivity contribution in [3.8, 4) is 0 Å². The standard InChI is InChI=1S/C24H22N2O2S/c1-16-10-12-17(13-11-16)15-25-23(27)19-7-3-4-8-20(19)26-24(28)22-14-18-6-2-5-9-21(18)29-22/h2-13,22H,14-15H2,1H3,(H,25,27)(H,26,28). The van der Waals surface area contributed by atoms with Gasteiger partial charge in [-0.3, -0.25) is 9.59 Å². The molecule has 0 aliphatic carbocycles. The van der Waals surface area contributed by atoms with E-state index in [1.54, 1.807) is 30.0 Å². The van der Waals surface area contributed by atoms with E-state index in [4.69, 9.17) is 0 Å². The highest BCUT2D eigenvalue weighted by Crippen LogP contribution is 2.37. The van der Waals surface area contributed by atoms with E-state index in [2.05, 4.69) is 16.7 Å². The first-order chi connectivity index (χ1) is 14.1. The minimum absolute atomic E-state index is 0.0787. The van der Waals surface area contributed by atoms with E-state index in [0.29, 0.717) is 24.2 Å². The summed E-state index contributed by atoms with van der Waals surface area (Å²) < 4.78 is 0. The monoisotopic (exact) mass is 402 g/mol. The van der Waals surface area contributed by atoms with Crippen LogP contribution in [0.25, 0.3) is 0 Å². The van der Waals surface area contributed by atoms with Gasteiger partial charge in [0.15, 0.2) is 0 Å². The molecule has 3 aromatic rings. The smallest absolute Gasteiger partial charge is 0.253 e. The fourth-order valence-corrected chi connectivity index (χ4v) is 4.51. The van der Waals surface area contributed by atoms with E-state index in [9.17, 15) is 9.59 Å². The molecular formula is C24H22N2O2S. The summed E-state index contributed by atoms with van der Waals surface area (Å²) in [5, 5.41) is 5.71. The van der Waals surface area contributed by atoms with Gasteiger partial charge in [0.1, 0.15) is 0 Å². The Balaban J connectivity index is 1.42. The van der Waals surface area contributed by atoms with Crippen molar-refractivity contribution in [1.82, 2.24) is 5.32 Å². The summed E-state index contributed by atoms with van der Waals surface area (Å²) in [5.41, 5.74) is 4.41. The maximum Gasteiger partial charge on any atom is 0.253 e. The predicted molar refractivity (Wildman–Crippen MR) is 117 cm³/mol. The van der Waals surface area contributed by atoms with Crippen LogP contribution in [0.5, 0.6) is 0 Å². The Morgan fingerprint density at radius 2 is 1.69 bits per heavy atom. The number of hydrogen-bond donors (Lipinski definition) is 2. The molecule has 4 rings (SSSR count). The van der Waals surface area contributed by atoms with E-state index in [0.717, 1.165) is 10.5 Å². The molecule has 29 heavy (non-hydrogen) atoms. The van der Waals surface area contributed by atoms with E-state index >= 15 is 0 Å². The van der Waals surface area contributed by atoms with Crippen LogP contribution < -0.4 is 10.6 Å². The highest BCUT2D eigenvalue weighted by atomic mass is 32.2. The molecule has 0 saturated heterocycles. The SMILES string of the molecule is Cc1ccc(CNC(=O)c2ccccc2NC(=O)C2Cc3ccccc3S2)cc1. The zero-order chi connectivity index (χ0) is 20.2. The van der Waals surface area contributed by atoms with Crippen molar-refractivity contribution >= 4 is 29.3 Å². The molecule has 3 aromatic carbocycles. The zero-order valence-electron chi connectivity index (χ0n) is 16.1. The van der Waals surface area contributed by atoms with Crippen LogP contribution in [0.3, 0.4) is 0 Å². The summed E-state index contributed by atoms with van der Waals surface area (Å²) in [7, 11) is 0. The number of carbonyl (C=O) groups is 2. The van der Waals surface area contributed by atoms with Gasteiger partial charge in [0.25, 0.3) is 5.91 Å². The van der Waals surface area contributed by atoms with Gasteiger partial charge in [0.05, 0.1) is 16.5 Å². The zero-order valence-corrected chi connectivity index (χ0v) is 17.0. The van der Waals surface area contributed by atoms with E-state index in [-0.39, 0.29) is 17.1 Å². The first-order valence-corrected chi connectivity index (χ1v) is 10.5. The van der Waals surface area contributed by atoms with Crippen molar-refractivity contribution in [3.63, 3.8) is 0 Å². The number of carbonyl (C=O) groups excluding carboxylic acids is 2.